The fraction of sp³-hybridized carbons (Fsp3) is 0.182. The van der Waals surface area contributed by atoms with Crippen molar-refractivity contribution < 1.29 is 0 Å². The number of halogens is 1. The van der Waals surface area contributed by atoms with E-state index in [1.54, 1.807) is 12.4 Å². The molecule has 0 spiro atoms. The molecule has 1 aromatic carbocycles. The predicted octanol–water partition coefficient (Wildman–Crippen LogP) is 2.92. The topological polar surface area (TPSA) is 54.5 Å². The standard InChI is InChI=1S/C11H9ClN4S/c1-8(6-13)17-11-15-14-7-16(11)10-4-2-3-9(12)5-10/h2-5,7-8H,1H3. The second kappa shape index (κ2) is 5.21. The van der Waals surface area contributed by atoms with Gasteiger partial charge in [-0.15, -0.1) is 10.2 Å². The Kier molecular flexibility index (Phi) is 3.67. The molecule has 0 aliphatic heterocycles. The minimum atomic E-state index is -0.169. The molecule has 0 saturated heterocycles. The average molecular weight is 265 g/mol. The smallest absolute Gasteiger partial charge is 0.196 e. The van der Waals surface area contributed by atoms with Gasteiger partial charge in [-0.3, -0.25) is 4.57 Å². The highest BCUT2D eigenvalue weighted by Gasteiger charge is 2.11. The van der Waals surface area contributed by atoms with Gasteiger partial charge >= 0.3 is 0 Å². The molecule has 1 atom stereocenters. The molecule has 2 rings (SSSR count). The van der Waals surface area contributed by atoms with Crippen molar-refractivity contribution in [2.45, 2.75) is 17.3 Å². The van der Waals surface area contributed by atoms with Gasteiger partial charge in [-0.05, 0) is 25.1 Å². The van der Waals surface area contributed by atoms with Crippen molar-refractivity contribution >= 4 is 23.4 Å². The maximum atomic E-state index is 8.79. The van der Waals surface area contributed by atoms with Gasteiger partial charge < -0.3 is 0 Å². The lowest BCUT2D eigenvalue weighted by molar-refractivity contribution is 0.881. The van der Waals surface area contributed by atoms with Crippen LogP contribution in [0.15, 0.2) is 35.7 Å². The van der Waals surface area contributed by atoms with E-state index in [1.165, 1.54) is 11.8 Å². The Morgan fingerprint density at radius 3 is 3.06 bits per heavy atom. The third kappa shape index (κ3) is 2.78. The second-order valence-corrected chi connectivity index (χ2v) is 5.10. The van der Waals surface area contributed by atoms with E-state index in [0.29, 0.717) is 10.2 Å². The number of benzene rings is 1. The largest absolute Gasteiger partial charge is 0.277 e. The van der Waals surface area contributed by atoms with E-state index in [9.17, 15) is 0 Å². The lowest BCUT2D eigenvalue weighted by Gasteiger charge is -2.06. The molecule has 0 saturated carbocycles. The van der Waals surface area contributed by atoms with Crippen LogP contribution in [0.3, 0.4) is 0 Å². The Hall–Kier alpha value is -1.51. The van der Waals surface area contributed by atoms with Crippen molar-refractivity contribution in [1.29, 1.82) is 5.26 Å². The van der Waals surface area contributed by atoms with Crippen LogP contribution in [-0.4, -0.2) is 20.0 Å². The zero-order chi connectivity index (χ0) is 12.3. The first-order valence-electron chi connectivity index (χ1n) is 4.93. The summed E-state index contributed by atoms with van der Waals surface area (Å²) in [5.74, 6) is 0. The SMILES string of the molecule is CC(C#N)Sc1nncn1-c1cccc(Cl)c1. The molecule has 0 N–H and O–H groups in total. The Labute approximate surface area is 108 Å². The van der Waals surface area contributed by atoms with E-state index in [0.717, 1.165) is 5.69 Å². The second-order valence-electron chi connectivity index (χ2n) is 3.35. The molecule has 0 aliphatic rings. The van der Waals surface area contributed by atoms with Crippen molar-refractivity contribution in [2.24, 2.45) is 0 Å². The third-order valence-corrected chi connectivity index (χ3v) is 3.25. The van der Waals surface area contributed by atoms with Gasteiger partial charge in [0.25, 0.3) is 0 Å². The number of rotatable bonds is 3. The summed E-state index contributed by atoms with van der Waals surface area (Å²) in [6, 6.07) is 9.55. The average Bonchev–Trinajstić information content (AvgIpc) is 2.77. The number of hydrogen-bond donors (Lipinski definition) is 0. The van der Waals surface area contributed by atoms with E-state index in [1.807, 2.05) is 29.7 Å². The summed E-state index contributed by atoms with van der Waals surface area (Å²) in [7, 11) is 0. The molecule has 0 aliphatic carbocycles. The van der Waals surface area contributed by atoms with Gasteiger partial charge in [0, 0.05) is 5.02 Å². The fourth-order valence-electron chi connectivity index (χ4n) is 1.29. The van der Waals surface area contributed by atoms with Crippen LogP contribution in [0.5, 0.6) is 0 Å². The maximum Gasteiger partial charge on any atom is 0.196 e. The summed E-state index contributed by atoms with van der Waals surface area (Å²) in [5, 5.41) is 17.8. The summed E-state index contributed by atoms with van der Waals surface area (Å²) in [4.78, 5) is 0. The summed E-state index contributed by atoms with van der Waals surface area (Å²) in [6.45, 7) is 1.82. The van der Waals surface area contributed by atoms with Crippen LogP contribution >= 0.6 is 23.4 Å². The highest BCUT2D eigenvalue weighted by Crippen LogP contribution is 2.24. The molecule has 86 valence electrons. The molecule has 0 radical (unpaired) electrons. The van der Waals surface area contributed by atoms with Crippen LogP contribution in [0.4, 0.5) is 0 Å². The Balaban J connectivity index is 2.34. The Morgan fingerprint density at radius 1 is 1.53 bits per heavy atom. The van der Waals surface area contributed by atoms with Gasteiger partial charge in [0.1, 0.15) is 6.33 Å². The maximum absolute atomic E-state index is 8.79. The predicted molar refractivity (Wildman–Crippen MR) is 67.3 cm³/mol. The molecule has 0 amide bonds. The van der Waals surface area contributed by atoms with Crippen LogP contribution in [0.2, 0.25) is 5.02 Å². The number of nitriles is 1. The zero-order valence-electron chi connectivity index (χ0n) is 9.04. The molecule has 1 aromatic heterocycles. The monoisotopic (exact) mass is 264 g/mol. The van der Waals surface area contributed by atoms with Crippen molar-refractivity contribution in [3.63, 3.8) is 0 Å². The number of thioether (sulfide) groups is 1. The number of aromatic nitrogens is 3. The lowest BCUT2D eigenvalue weighted by Crippen LogP contribution is -1.98. The van der Waals surface area contributed by atoms with Gasteiger partial charge in [0.05, 0.1) is 17.0 Å². The highest BCUT2D eigenvalue weighted by molar-refractivity contribution is 8.00. The minimum Gasteiger partial charge on any atom is -0.277 e. The van der Waals surface area contributed by atoms with Crippen LogP contribution in [0.1, 0.15) is 6.92 Å². The van der Waals surface area contributed by atoms with Gasteiger partial charge in [-0.25, -0.2) is 0 Å². The lowest BCUT2D eigenvalue weighted by atomic mass is 10.3. The van der Waals surface area contributed by atoms with Crippen LogP contribution in [0, 0.1) is 11.3 Å². The van der Waals surface area contributed by atoms with Crippen LogP contribution < -0.4 is 0 Å². The number of hydrogen-bond acceptors (Lipinski definition) is 4. The van der Waals surface area contributed by atoms with Crippen LogP contribution in [0.25, 0.3) is 5.69 Å². The Morgan fingerprint density at radius 2 is 2.35 bits per heavy atom. The van der Waals surface area contributed by atoms with E-state index < -0.39 is 0 Å². The van der Waals surface area contributed by atoms with Crippen molar-refractivity contribution in [2.75, 3.05) is 0 Å². The van der Waals surface area contributed by atoms with Crippen molar-refractivity contribution in [3.8, 4) is 11.8 Å². The normalized spacial score (nSPS) is 12.1. The summed E-state index contributed by atoms with van der Waals surface area (Å²) < 4.78 is 1.81. The molecular formula is C11H9ClN4S. The van der Waals surface area contributed by atoms with Crippen molar-refractivity contribution in [3.05, 3.63) is 35.6 Å². The Bertz CT molecular complexity index is 561. The van der Waals surface area contributed by atoms with E-state index in [2.05, 4.69) is 16.3 Å². The molecule has 17 heavy (non-hydrogen) atoms. The van der Waals surface area contributed by atoms with E-state index in [-0.39, 0.29) is 5.25 Å². The van der Waals surface area contributed by atoms with E-state index in [4.69, 9.17) is 16.9 Å². The summed E-state index contributed by atoms with van der Waals surface area (Å²) in [5.41, 5.74) is 0.884. The van der Waals surface area contributed by atoms with Crippen molar-refractivity contribution in [1.82, 2.24) is 14.8 Å². The summed E-state index contributed by atoms with van der Waals surface area (Å²) in [6.07, 6.45) is 1.61. The molecule has 1 unspecified atom stereocenters. The highest BCUT2D eigenvalue weighted by atomic mass is 35.5. The first-order chi connectivity index (χ1) is 8.20. The first-order valence-corrected chi connectivity index (χ1v) is 6.18. The number of nitrogens with zero attached hydrogens (tertiary/aromatic N) is 4. The first kappa shape index (κ1) is 12.0. The molecule has 0 bridgehead atoms. The quantitative estimate of drug-likeness (QED) is 0.800. The van der Waals surface area contributed by atoms with Crippen LogP contribution in [-0.2, 0) is 0 Å². The summed E-state index contributed by atoms with van der Waals surface area (Å²) >= 11 is 7.30. The third-order valence-electron chi connectivity index (χ3n) is 2.07. The molecular weight excluding hydrogens is 256 g/mol. The van der Waals surface area contributed by atoms with Gasteiger partial charge in [0.2, 0.25) is 0 Å². The molecule has 2 aromatic rings. The minimum absolute atomic E-state index is 0.169. The zero-order valence-corrected chi connectivity index (χ0v) is 10.6. The molecule has 0 fully saturated rings. The van der Waals surface area contributed by atoms with E-state index >= 15 is 0 Å². The molecule has 1 heterocycles. The van der Waals surface area contributed by atoms with Gasteiger partial charge in [0.15, 0.2) is 5.16 Å². The molecule has 6 heteroatoms. The molecule has 4 nitrogen and oxygen atoms in total. The van der Waals surface area contributed by atoms with Gasteiger partial charge in [-0.1, -0.05) is 29.4 Å². The van der Waals surface area contributed by atoms with Gasteiger partial charge in [-0.2, -0.15) is 5.26 Å². The fourth-order valence-corrected chi connectivity index (χ4v) is 2.21.